The summed E-state index contributed by atoms with van der Waals surface area (Å²) < 4.78 is 5.92. The molecule has 5 rings (SSSR count). The van der Waals surface area contributed by atoms with Gasteiger partial charge in [0.15, 0.2) is 5.58 Å². The third-order valence-electron chi connectivity index (χ3n) is 4.66. The van der Waals surface area contributed by atoms with Crippen LogP contribution in [-0.2, 0) is 13.0 Å². The van der Waals surface area contributed by atoms with Crippen LogP contribution in [0.3, 0.4) is 0 Å². The van der Waals surface area contributed by atoms with Gasteiger partial charge in [-0.3, -0.25) is 5.10 Å². The van der Waals surface area contributed by atoms with Gasteiger partial charge in [-0.2, -0.15) is 10.1 Å². The highest BCUT2D eigenvalue weighted by Crippen LogP contribution is 2.32. The number of hydrogen-bond acceptors (Lipinski definition) is 4. The molecule has 2 aromatic heterocycles. The Hall–Kier alpha value is -2.50. The number of nitrogens with zero attached hydrogens (tertiary/aromatic N) is 3. The quantitative estimate of drug-likeness (QED) is 0.522. The van der Waals surface area contributed by atoms with Crippen LogP contribution in [0.15, 0.2) is 46.9 Å². The molecule has 0 spiro atoms. The third-order valence-corrected chi connectivity index (χ3v) is 5.15. The van der Waals surface area contributed by atoms with E-state index in [1.54, 1.807) is 0 Å². The first kappa shape index (κ1) is 15.7. The van der Waals surface area contributed by atoms with Crippen molar-refractivity contribution >= 4 is 40.3 Å². The minimum atomic E-state index is 0.608. The molecule has 0 radical (unpaired) electrons. The average molecular weight is 385 g/mol. The lowest BCUT2D eigenvalue weighted by Gasteiger charge is -2.25. The van der Waals surface area contributed by atoms with Crippen LogP contribution in [0, 0.1) is 0 Å². The van der Waals surface area contributed by atoms with E-state index >= 15 is 0 Å². The van der Waals surface area contributed by atoms with Crippen LogP contribution in [0.1, 0.15) is 11.3 Å². The Labute approximate surface area is 159 Å². The molecule has 130 valence electrons. The van der Waals surface area contributed by atoms with E-state index in [9.17, 15) is 0 Å². The number of nitrogens with one attached hydrogen (secondary N) is 1. The predicted octanol–water partition coefficient (Wildman–Crippen LogP) is 5.09. The fourth-order valence-corrected chi connectivity index (χ4v) is 3.62. The van der Waals surface area contributed by atoms with Crippen molar-refractivity contribution in [2.75, 3.05) is 11.4 Å². The number of oxazole rings is 1. The standard InChI is InChI=1S/C19H14Cl2N4O/c20-12-3-1-11(2-4-12)18-14-10-25(8-7-15(14)23-24-18)19-22-16-9-13(21)5-6-17(16)26-19/h1-6,9H,7-8,10H2,(H,23,24). The van der Waals surface area contributed by atoms with Crippen molar-refractivity contribution in [2.45, 2.75) is 13.0 Å². The van der Waals surface area contributed by atoms with Crippen LogP contribution >= 0.6 is 23.2 Å². The molecule has 0 saturated heterocycles. The van der Waals surface area contributed by atoms with Crippen LogP contribution in [0.2, 0.25) is 10.0 Å². The highest BCUT2D eigenvalue weighted by atomic mass is 35.5. The number of rotatable bonds is 2. The van der Waals surface area contributed by atoms with Crippen LogP contribution in [0.4, 0.5) is 6.01 Å². The van der Waals surface area contributed by atoms with E-state index in [1.165, 1.54) is 5.56 Å². The van der Waals surface area contributed by atoms with E-state index in [2.05, 4.69) is 20.1 Å². The van der Waals surface area contributed by atoms with Gasteiger partial charge in [-0.05, 0) is 30.3 Å². The van der Waals surface area contributed by atoms with Crippen LogP contribution < -0.4 is 4.90 Å². The van der Waals surface area contributed by atoms with Crippen LogP contribution in [-0.4, -0.2) is 21.7 Å². The first-order valence-electron chi connectivity index (χ1n) is 8.30. The zero-order valence-electron chi connectivity index (χ0n) is 13.7. The molecule has 0 saturated carbocycles. The minimum absolute atomic E-state index is 0.608. The normalized spacial score (nSPS) is 14.0. The molecule has 0 atom stereocenters. The van der Waals surface area contributed by atoms with Gasteiger partial charge in [0.25, 0.3) is 6.01 Å². The molecule has 1 aliphatic rings. The van der Waals surface area contributed by atoms with Crippen LogP contribution in [0.25, 0.3) is 22.4 Å². The highest BCUT2D eigenvalue weighted by Gasteiger charge is 2.25. The fraction of sp³-hybridized carbons (Fsp3) is 0.158. The molecule has 1 aliphatic heterocycles. The van der Waals surface area contributed by atoms with Crippen molar-refractivity contribution in [1.82, 2.24) is 15.2 Å². The Balaban J connectivity index is 1.50. The average Bonchev–Trinajstić information content (AvgIpc) is 3.25. The maximum absolute atomic E-state index is 6.05. The number of anilines is 1. The predicted molar refractivity (Wildman–Crippen MR) is 103 cm³/mol. The van der Waals surface area contributed by atoms with Gasteiger partial charge in [-0.25, -0.2) is 0 Å². The van der Waals surface area contributed by atoms with Crippen molar-refractivity contribution in [3.8, 4) is 11.3 Å². The van der Waals surface area contributed by atoms with Gasteiger partial charge in [0.1, 0.15) is 5.52 Å². The third kappa shape index (κ3) is 2.64. The second-order valence-corrected chi connectivity index (χ2v) is 7.19. The first-order chi connectivity index (χ1) is 12.7. The van der Waals surface area contributed by atoms with Gasteiger partial charge in [0, 0.05) is 39.8 Å². The number of halogens is 2. The summed E-state index contributed by atoms with van der Waals surface area (Å²) in [4.78, 5) is 6.73. The zero-order valence-corrected chi connectivity index (χ0v) is 15.2. The molecule has 3 heterocycles. The van der Waals surface area contributed by atoms with Gasteiger partial charge < -0.3 is 9.32 Å². The smallest absolute Gasteiger partial charge is 0.298 e. The van der Waals surface area contributed by atoms with Crippen molar-refractivity contribution in [2.24, 2.45) is 0 Å². The number of aromatic nitrogens is 3. The number of H-pyrrole nitrogens is 1. The van der Waals surface area contributed by atoms with Gasteiger partial charge in [0.05, 0.1) is 12.2 Å². The maximum Gasteiger partial charge on any atom is 0.298 e. The fourth-order valence-electron chi connectivity index (χ4n) is 3.33. The monoisotopic (exact) mass is 384 g/mol. The number of aromatic amines is 1. The van der Waals surface area contributed by atoms with E-state index in [4.69, 9.17) is 27.6 Å². The molecular formula is C19H14Cl2N4O. The molecule has 5 nitrogen and oxygen atoms in total. The lowest BCUT2D eigenvalue weighted by atomic mass is 10.0. The number of benzene rings is 2. The van der Waals surface area contributed by atoms with Crippen molar-refractivity contribution in [3.05, 3.63) is 63.8 Å². The zero-order chi connectivity index (χ0) is 17.7. The van der Waals surface area contributed by atoms with E-state index < -0.39 is 0 Å². The summed E-state index contributed by atoms with van der Waals surface area (Å²) >= 11 is 12.1. The van der Waals surface area contributed by atoms with Crippen molar-refractivity contribution in [3.63, 3.8) is 0 Å². The lowest BCUT2D eigenvalue weighted by Crippen LogP contribution is -2.30. The summed E-state index contributed by atoms with van der Waals surface area (Å²) in [6, 6.07) is 13.8. The summed E-state index contributed by atoms with van der Waals surface area (Å²) in [6.45, 7) is 1.50. The van der Waals surface area contributed by atoms with Gasteiger partial charge in [-0.1, -0.05) is 35.3 Å². The van der Waals surface area contributed by atoms with E-state index in [0.29, 0.717) is 22.6 Å². The minimum Gasteiger partial charge on any atom is -0.423 e. The Morgan fingerprint density at radius 3 is 2.69 bits per heavy atom. The summed E-state index contributed by atoms with van der Waals surface area (Å²) in [5.74, 6) is 0. The topological polar surface area (TPSA) is 58.0 Å². The molecule has 2 aromatic carbocycles. The molecule has 26 heavy (non-hydrogen) atoms. The largest absolute Gasteiger partial charge is 0.423 e. The van der Waals surface area contributed by atoms with E-state index in [0.717, 1.165) is 41.0 Å². The van der Waals surface area contributed by atoms with E-state index in [1.807, 2.05) is 42.5 Å². The molecule has 0 amide bonds. The molecule has 7 heteroatoms. The number of fused-ring (bicyclic) bond motifs is 2. The van der Waals surface area contributed by atoms with Crippen molar-refractivity contribution in [1.29, 1.82) is 0 Å². The Bertz CT molecular complexity index is 1100. The van der Waals surface area contributed by atoms with E-state index in [-0.39, 0.29) is 0 Å². The molecule has 0 aliphatic carbocycles. The Kier molecular flexibility index (Phi) is 3.65. The lowest BCUT2D eigenvalue weighted by molar-refractivity contribution is 0.553. The SMILES string of the molecule is Clc1ccc(-c2n[nH]c3c2CN(c2nc4cc(Cl)ccc4o2)CC3)cc1. The molecule has 4 aromatic rings. The van der Waals surface area contributed by atoms with Gasteiger partial charge in [-0.15, -0.1) is 0 Å². The molecule has 0 unspecified atom stereocenters. The highest BCUT2D eigenvalue weighted by molar-refractivity contribution is 6.31. The second kappa shape index (κ2) is 6.04. The Morgan fingerprint density at radius 2 is 1.85 bits per heavy atom. The van der Waals surface area contributed by atoms with Crippen molar-refractivity contribution < 1.29 is 4.42 Å². The maximum atomic E-state index is 6.05. The summed E-state index contributed by atoms with van der Waals surface area (Å²) in [7, 11) is 0. The molecule has 1 N–H and O–H groups in total. The van der Waals surface area contributed by atoms with Gasteiger partial charge >= 0.3 is 0 Å². The molecule has 0 bridgehead atoms. The first-order valence-corrected chi connectivity index (χ1v) is 9.06. The molecule has 0 fully saturated rings. The summed E-state index contributed by atoms with van der Waals surface area (Å²) in [5, 5.41) is 9.05. The molecular weight excluding hydrogens is 371 g/mol. The van der Waals surface area contributed by atoms with Crippen LogP contribution in [0.5, 0.6) is 0 Å². The second-order valence-electron chi connectivity index (χ2n) is 6.32. The summed E-state index contributed by atoms with van der Waals surface area (Å²) in [6.07, 6.45) is 0.857. The van der Waals surface area contributed by atoms with Gasteiger partial charge in [0.2, 0.25) is 0 Å². The Morgan fingerprint density at radius 1 is 1.04 bits per heavy atom. The number of hydrogen-bond donors (Lipinski definition) is 1. The summed E-state index contributed by atoms with van der Waals surface area (Å²) in [5.41, 5.74) is 5.81.